The molecule has 170 valence electrons. The molecule has 0 bridgehead atoms. The molecule has 7 nitrogen and oxygen atoms in total. The lowest BCUT2D eigenvalue weighted by Gasteiger charge is -2.29. The summed E-state index contributed by atoms with van der Waals surface area (Å²) < 4.78 is 5.29. The molecule has 0 spiro atoms. The van der Waals surface area contributed by atoms with Crippen LogP contribution >= 0.6 is 11.8 Å². The van der Waals surface area contributed by atoms with E-state index < -0.39 is 12.1 Å². The molecular formula is C24H29N3O4S. The number of morpholine rings is 1. The van der Waals surface area contributed by atoms with E-state index >= 15 is 0 Å². The Morgan fingerprint density at radius 1 is 0.969 bits per heavy atom. The predicted molar refractivity (Wildman–Crippen MR) is 125 cm³/mol. The van der Waals surface area contributed by atoms with E-state index in [1.165, 1.54) is 0 Å². The van der Waals surface area contributed by atoms with Gasteiger partial charge in [-0.1, -0.05) is 60.7 Å². The van der Waals surface area contributed by atoms with E-state index in [1.54, 1.807) is 16.7 Å². The van der Waals surface area contributed by atoms with Crippen LogP contribution in [0, 0.1) is 0 Å². The van der Waals surface area contributed by atoms with E-state index in [2.05, 4.69) is 10.6 Å². The fraction of sp³-hybridized carbons (Fsp3) is 0.375. The van der Waals surface area contributed by atoms with Gasteiger partial charge in [-0.3, -0.25) is 4.79 Å². The lowest BCUT2D eigenvalue weighted by atomic mass is 10.1. The molecule has 32 heavy (non-hydrogen) atoms. The third-order valence-electron chi connectivity index (χ3n) is 5.10. The van der Waals surface area contributed by atoms with Crippen LogP contribution in [0.5, 0.6) is 0 Å². The molecule has 0 aliphatic carbocycles. The number of urea groups is 1. The van der Waals surface area contributed by atoms with Crippen LogP contribution in [0.3, 0.4) is 0 Å². The van der Waals surface area contributed by atoms with Crippen molar-refractivity contribution >= 4 is 30.0 Å². The normalized spacial score (nSPS) is 15.4. The third kappa shape index (κ3) is 7.69. The van der Waals surface area contributed by atoms with E-state index in [1.807, 2.05) is 60.7 Å². The highest BCUT2D eigenvalue weighted by atomic mass is 32.2. The number of hydrogen-bond acceptors (Lipinski definition) is 5. The Hall–Kier alpha value is -2.84. The molecular weight excluding hydrogens is 426 g/mol. The van der Waals surface area contributed by atoms with Gasteiger partial charge in [-0.05, 0) is 11.1 Å². The van der Waals surface area contributed by atoms with Crippen molar-refractivity contribution in [2.45, 2.75) is 24.3 Å². The van der Waals surface area contributed by atoms with Gasteiger partial charge < -0.3 is 25.1 Å². The highest BCUT2D eigenvalue weighted by Crippen LogP contribution is 2.13. The van der Waals surface area contributed by atoms with Gasteiger partial charge in [0.05, 0.1) is 19.3 Å². The summed E-state index contributed by atoms with van der Waals surface area (Å²) in [5, 5.41) is 5.64. The van der Waals surface area contributed by atoms with Crippen LogP contribution in [0.4, 0.5) is 4.79 Å². The second-order valence-corrected chi connectivity index (χ2v) is 8.57. The molecule has 1 heterocycles. The summed E-state index contributed by atoms with van der Waals surface area (Å²) >= 11 is 1.58. The van der Waals surface area contributed by atoms with Gasteiger partial charge in [0.2, 0.25) is 5.91 Å². The first-order chi connectivity index (χ1) is 15.7. The fourth-order valence-electron chi connectivity index (χ4n) is 3.34. The molecule has 2 aromatic rings. The van der Waals surface area contributed by atoms with Crippen LogP contribution in [0.25, 0.3) is 0 Å². The zero-order valence-corrected chi connectivity index (χ0v) is 18.8. The topological polar surface area (TPSA) is 87.7 Å². The van der Waals surface area contributed by atoms with E-state index in [0.717, 1.165) is 23.2 Å². The van der Waals surface area contributed by atoms with Crippen molar-refractivity contribution in [3.05, 3.63) is 71.8 Å². The second kappa shape index (κ2) is 12.9. The minimum absolute atomic E-state index is 0.300. The molecule has 2 N–H and O–H groups in total. The maximum absolute atomic E-state index is 13.0. The molecule has 2 unspecified atom stereocenters. The monoisotopic (exact) mass is 455 g/mol. The van der Waals surface area contributed by atoms with E-state index in [9.17, 15) is 14.4 Å². The molecule has 2 aromatic carbocycles. The van der Waals surface area contributed by atoms with E-state index in [4.69, 9.17) is 4.74 Å². The summed E-state index contributed by atoms with van der Waals surface area (Å²) in [7, 11) is 0. The van der Waals surface area contributed by atoms with Crippen LogP contribution in [-0.4, -0.2) is 67.3 Å². The van der Waals surface area contributed by atoms with E-state index in [-0.39, 0.29) is 11.9 Å². The molecule has 1 aliphatic heterocycles. The van der Waals surface area contributed by atoms with Crippen molar-refractivity contribution in [1.29, 1.82) is 0 Å². The number of rotatable bonds is 10. The Morgan fingerprint density at radius 2 is 1.59 bits per heavy atom. The summed E-state index contributed by atoms with van der Waals surface area (Å²) in [6.45, 7) is 1.93. The molecule has 1 saturated heterocycles. The lowest BCUT2D eigenvalue weighted by Crippen LogP contribution is -2.55. The second-order valence-electron chi connectivity index (χ2n) is 7.54. The van der Waals surface area contributed by atoms with Crippen molar-refractivity contribution in [2.75, 3.05) is 32.1 Å². The first kappa shape index (κ1) is 23.8. The molecule has 2 atom stereocenters. The van der Waals surface area contributed by atoms with Gasteiger partial charge in [-0.2, -0.15) is 11.8 Å². The standard InChI is InChI=1S/C24H29N3O4S/c28-16-21(18-32-17-20-9-5-2-6-10-20)25-23(29)22(15-19-7-3-1-4-8-19)26-24(30)27-11-13-31-14-12-27/h1-10,16,21-22H,11-15,17-18H2,(H,25,29)(H,26,30). The number of hydrogen-bond donors (Lipinski definition) is 2. The van der Waals surface area contributed by atoms with Gasteiger partial charge in [-0.25, -0.2) is 4.79 Å². The Labute approximate surface area is 192 Å². The number of aldehydes is 1. The fourth-order valence-corrected chi connectivity index (χ4v) is 4.30. The Bertz CT molecular complexity index is 860. The summed E-state index contributed by atoms with van der Waals surface area (Å²) in [6, 6.07) is 17.7. The Kier molecular flexibility index (Phi) is 9.59. The molecule has 3 rings (SSSR count). The number of thioether (sulfide) groups is 1. The first-order valence-electron chi connectivity index (χ1n) is 10.7. The first-order valence-corrected chi connectivity index (χ1v) is 11.9. The highest BCUT2D eigenvalue weighted by molar-refractivity contribution is 7.98. The Morgan fingerprint density at radius 3 is 2.22 bits per heavy atom. The predicted octanol–water partition coefficient (Wildman–Crippen LogP) is 2.26. The minimum Gasteiger partial charge on any atom is -0.378 e. The highest BCUT2D eigenvalue weighted by Gasteiger charge is 2.26. The zero-order valence-electron chi connectivity index (χ0n) is 17.9. The third-order valence-corrected chi connectivity index (χ3v) is 6.23. The van der Waals surface area contributed by atoms with Gasteiger partial charge in [0.25, 0.3) is 0 Å². The van der Waals surface area contributed by atoms with Crippen molar-refractivity contribution < 1.29 is 19.1 Å². The van der Waals surface area contributed by atoms with Crippen LogP contribution in [0.2, 0.25) is 0 Å². The van der Waals surface area contributed by atoms with Gasteiger partial charge >= 0.3 is 6.03 Å². The minimum atomic E-state index is -0.783. The molecule has 1 aliphatic rings. The summed E-state index contributed by atoms with van der Waals surface area (Å²) in [5.41, 5.74) is 2.09. The van der Waals surface area contributed by atoms with E-state index in [0.29, 0.717) is 38.5 Å². The van der Waals surface area contributed by atoms with Gasteiger partial charge in [-0.15, -0.1) is 0 Å². The Balaban J connectivity index is 1.59. The van der Waals surface area contributed by atoms with Gasteiger partial charge in [0.15, 0.2) is 0 Å². The van der Waals surface area contributed by atoms with Crippen LogP contribution in [0.1, 0.15) is 11.1 Å². The number of benzene rings is 2. The lowest BCUT2D eigenvalue weighted by molar-refractivity contribution is -0.125. The van der Waals surface area contributed by atoms with Gasteiger partial charge in [0, 0.05) is 31.0 Å². The molecule has 0 aromatic heterocycles. The average molecular weight is 456 g/mol. The maximum atomic E-state index is 13.0. The largest absolute Gasteiger partial charge is 0.378 e. The SMILES string of the molecule is O=CC(CSCc1ccccc1)NC(=O)C(Cc1ccccc1)NC(=O)N1CCOCC1. The number of nitrogens with zero attached hydrogens (tertiary/aromatic N) is 1. The average Bonchev–Trinajstić information content (AvgIpc) is 2.84. The van der Waals surface area contributed by atoms with Crippen molar-refractivity contribution in [3.8, 4) is 0 Å². The molecule has 8 heteroatoms. The number of carbonyl (C=O) groups is 3. The number of amides is 3. The van der Waals surface area contributed by atoms with Crippen LogP contribution in [0.15, 0.2) is 60.7 Å². The zero-order chi connectivity index (χ0) is 22.6. The maximum Gasteiger partial charge on any atom is 0.318 e. The molecule has 0 radical (unpaired) electrons. The van der Waals surface area contributed by atoms with Crippen LogP contribution < -0.4 is 10.6 Å². The number of ether oxygens (including phenoxy) is 1. The van der Waals surface area contributed by atoms with Gasteiger partial charge in [0.1, 0.15) is 12.3 Å². The number of carbonyl (C=O) groups excluding carboxylic acids is 3. The number of nitrogens with one attached hydrogen (secondary N) is 2. The summed E-state index contributed by atoms with van der Waals surface area (Å²) in [6.07, 6.45) is 1.09. The molecule has 0 saturated carbocycles. The quantitative estimate of drug-likeness (QED) is 0.537. The van der Waals surface area contributed by atoms with Crippen molar-refractivity contribution in [1.82, 2.24) is 15.5 Å². The summed E-state index contributed by atoms with van der Waals surface area (Å²) in [4.78, 5) is 39.0. The van der Waals surface area contributed by atoms with Crippen molar-refractivity contribution in [3.63, 3.8) is 0 Å². The van der Waals surface area contributed by atoms with Crippen LogP contribution in [-0.2, 0) is 26.5 Å². The van der Waals surface area contributed by atoms with Crippen molar-refractivity contribution in [2.24, 2.45) is 0 Å². The summed E-state index contributed by atoms with van der Waals surface area (Å²) in [5.74, 6) is 0.842. The molecule has 3 amide bonds. The smallest absolute Gasteiger partial charge is 0.318 e. The molecule has 1 fully saturated rings.